The molecule has 1 aromatic heterocycles. The summed E-state index contributed by atoms with van der Waals surface area (Å²) >= 11 is 0. The lowest BCUT2D eigenvalue weighted by Gasteiger charge is -2.61. The number of aliphatic carboxylic acids is 1. The Bertz CT molecular complexity index is 1260. The normalized spacial score (nSPS) is 26.2. The molecule has 178 valence electrons. The van der Waals surface area contributed by atoms with Crippen LogP contribution in [0, 0.1) is 17.3 Å². The van der Waals surface area contributed by atoms with E-state index in [0.29, 0.717) is 30.5 Å². The number of nitrogens with zero attached hydrogens (tertiary/aromatic N) is 1. The van der Waals surface area contributed by atoms with Crippen LogP contribution in [0.3, 0.4) is 0 Å². The van der Waals surface area contributed by atoms with Gasteiger partial charge in [0, 0.05) is 24.2 Å². The van der Waals surface area contributed by atoms with Gasteiger partial charge in [0.25, 0.3) is 5.91 Å². The molecule has 2 aliphatic carbocycles. The van der Waals surface area contributed by atoms with Crippen molar-refractivity contribution < 1.29 is 27.9 Å². The Kier molecular flexibility index (Phi) is 5.22. The zero-order chi connectivity index (χ0) is 24.3. The highest BCUT2D eigenvalue weighted by atomic mass is 19.4. The summed E-state index contributed by atoms with van der Waals surface area (Å²) in [6.07, 6.45) is -0.426. The maximum atomic E-state index is 13.2. The second-order valence-electron chi connectivity index (χ2n) is 9.76. The van der Waals surface area contributed by atoms with Crippen molar-refractivity contribution in [1.82, 2.24) is 9.88 Å². The molecule has 8 heteroatoms. The van der Waals surface area contributed by atoms with Crippen molar-refractivity contribution in [2.75, 3.05) is 0 Å². The van der Waals surface area contributed by atoms with Crippen molar-refractivity contribution >= 4 is 22.8 Å². The summed E-state index contributed by atoms with van der Waals surface area (Å²) in [4.78, 5) is 24.4. The van der Waals surface area contributed by atoms with Gasteiger partial charge in [0.2, 0.25) is 0 Å². The molecule has 5 nitrogen and oxygen atoms in total. The highest BCUT2D eigenvalue weighted by Crippen LogP contribution is 2.62. The number of para-hydroxylation sites is 1. The highest BCUT2D eigenvalue weighted by molar-refractivity contribution is 6.06. The average Bonchev–Trinajstić information content (AvgIpc) is 3.16. The molecule has 3 aromatic rings. The van der Waals surface area contributed by atoms with E-state index in [-0.39, 0.29) is 29.2 Å². The Morgan fingerprint density at radius 1 is 1.09 bits per heavy atom. The van der Waals surface area contributed by atoms with Crippen LogP contribution in [0.5, 0.6) is 0 Å². The maximum Gasteiger partial charge on any atom is 0.416 e. The lowest BCUT2D eigenvalue weighted by Crippen LogP contribution is -2.63. The standard InChI is InChI=1S/C26H25F3N2O3/c1-15-21(13-25(15)11-18(12-25)24(33)34)30-23(32)20-4-2-3-17-9-10-31(22(17)20)14-16-5-7-19(8-6-16)26(27,28)29/h2-10,15,18,21H,11-14H2,1H3,(H,30,32)(H,33,34)/t15-,18?,21?,25?/m1/s1. The van der Waals surface area contributed by atoms with Gasteiger partial charge in [0.15, 0.2) is 0 Å². The Morgan fingerprint density at radius 3 is 2.41 bits per heavy atom. The first kappa shape index (κ1) is 22.5. The minimum Gasteiger partial charge on any atom is -0.481 e. The van der Waals surface area contributed by atoms with Crippen molar-refractivity contribution in [3.05, 3.63) is 71.4 Å². The van der Waals surface area contributed by atoms with Gasteiger partial charge in [0.05, 0.1) is 22.6 Å². The lowest BCUT2D eigenvalue weighted by molar-refractivity contribution is -0.164. The van der Waals surface area contributed by atoms with E-state index in [2.05, 4.69) is 12.2 Å². The molecule has 0 radical (unpaired) electrons. The summed E-state index contributed by atoms with van der Waals surface area (Å²) in [5.74, 6) is -1.00. The van der Waals surface area contributed by atoms with E-state index in [1.807, 2.05) is 29.0 Å². The fraction of sp³-hybridized carbons (Fsp3) is 0.385. The fourth-order valence-corrected chi connectivity index (χ4v) is 5.70. The number of aromatic nitrogens is 1. The summed E-state index contributed by atoms with van der Waals surface area (Å²) in [5, 5.41) is 13.2. The predicted molar refractivity (Wildman–Crippen MR) is 120 cm³/mol. The molecule has 0 bridgehead atoms. The molecule has 1 spiro atoms. The third-order valence-corrected chi connectivity index (χ3v) is 7.83. The minimum atomic E-state index is -4.38. The molecular weight excluding hydrogens is 445 g/mol. The van der Waals surface area contributed by atoms with Crippen LogP contribution in [0.1, 0.15) is 47.7 Å². The lowest BCUT2D eigenvalue weighted by atomic mass is 9.45. The van der Waals surface area contributed by atoms with Crippen LogP contribution in [-0.2, 0) is 17.5 Å². The number of carboxylic acid groups (broad SMARTS) is 1. The molecule has 2 fully saturated rings. The van der Waals surface area contributed by atoms with Crippen molar-refractivity contribution in [2.24, 2.45) is 17.3 Å². The van der Waals surface area contributed by atoms with Crippen molar-refractivity contribution in [2.45, 2.75) is 44.9 Å². The third kappa shape index (κ3) is 3.75. The van der Waals surface area contributed by atoms with Gasteiger partial charge in [-0.2, -0.15) is 13.2 Å². The van der Waals surface area contributed by atoms with Crippen LogP contribution < -0.4 is 5.32 Å². The number of nitrogens with one attached hydrogen (secondary N) is 1. The monoisotopic (exact) mass is 470 g/mol. The molecule has 2 aromatic carbocycles. The summed E-state index contributed by atoms with van der Waals surface area (Å²) in [6.45, 7) is 2.41. The molecule has 0 aliphatic heterocycles. The first-order chi connectivity index (χ1) is 16.1. The van der Waals surface area contributed by atoms with Crippen LogP contribution in [0.15, 0.2) is 54.7 Å². The number of carbonyl (C=O) groups is 2. The Morgan fingerprint density at radius 2 is 1.79 bits per heavy atom. The first-order valence-corrected chi connectivity index (χ1v) is 11.3. The largest absolute Gasteiger partial charge is 0.481 e. The number of hydrogen-bond donors (Lipinski definition) is 2. The fourth-order valence-electron chi connectivity index (χ4n) is 5.70. The van der Waals surface area contributed by atoms with Gasteiger partial charge < -0.3 is 15.0 Å². The SMILES string of the molecule is C[C@@H]1C(NC(=O)c2cccc3ccn(Cc4ccc(C(F)(F)F)cc4)c23)CC12CC(C(=O)O)C2. The summed E-state index contributed by atoms with van der Waals surface area (Å²) in [5.41, 5.74) is 1.28. The van der Waals surface area contributed by atoms with E-state index in [4.69, 9.17) is 0 Å². The Labute approximate surface area is 194 Å². The number of carbonyl (C=O) groups excluding carboxylic acids is 1. The van der Waals surface area contributed by atoms with Gasteiger partial charge in [-0.3, -0.25) is 9.59 Å². The Balaban J connectivity index is 1.32. The van der Waals surface area contributed by atoms with E-state index in [0.717, 1.165) is 29.5 Å². The van der Waals surface area contributed by atoms with Gasteiger partial charge in [-0.1, -0.05) is 31.2 Å². The van der Waals surface area contributed by atoms with Crippen molar-refractivity contribution in [3.8, 4) is 0 Å². The van der Waals surface area contributed by atoms with E-state index >= 15 is 0 Å². The van der Waals surface area contributed by atoms with Crippen LogP contribution >= 0.6 is 0 Å². The van der Waals surface area contributed by atoms with Gasteiger partial charge in [0.1, 0.15) is 0 Å². The number of carboxylic acids is 1. The van der Waals surface area contributed by atoms with Crippen LogP contribution in [0.25, 0.3) is 10.9 Å². The second-order valence-corrected chi connectivity index (χ2v) is 9.76. The summed E-state index contributed by atoms with van der Waals surface area (Å²) in [6, 6.07) is 12.4. The Hall–Kier alpha value is -3.29. The topological polar surface area (TPSA) is 71.3 Å². The van der Waals surface area contributed by atoms with Gasteiger partial charge >= 0.3 is 12.1 Å². The molecule has 1 amide bonds. The molecule has 2 saturated carbocycles. The third-order valence-electron chi connectivity index (χ3n) is 7.83. The van der Waals surface area contributed by atoms with Gasteiger partial charge in [-0.15, -0.1) is 0 Å². The number of hydrogen-bond acceptors (Lipinski definition) is 2. The molecule has 5 rings (SSSR count). The summed E-state index contributed by atoms with van der Waals surface area (Å²) < 4.78 is 40.5. The smallest absolute Gasteiger partial charge is 0.416 e. The van der Waals surface area contributed by atoms with E-state index in [9.17, 15) is 27.9 Å². The number of fused-ring (bicyclic) bond motifs is 1. The number of alkyl halides is 3. The average molecular weight is 470 g/mol. The molecule has 2 atom stereocenters. The van der Waals surface area contributed by atoms with E-state index in [1.165, 1.54) is 12.1 Å². The van der Waals surface area contributed by atoms with Crippen molar-refractivity contribution in [3.63, 3.8) is 0 Å². The van der Waals surface area contributed by atoms with Crippen molar-refractivity contribution in [1.29, 1.82) is 0 Å². The number of amides is 1. The first-order valence-electron chi connectivity index (χ1n) is 11.3. The van der Waals surface area contributed by atoms with E-state index in [1.54, 1.807) is 6.07 Å². The molecule has 34 heavy (non-hydrogen) atoms. The maximum absolute atomic E-state index is 13.2. The number of halogens is 3. The molecular formula is C26H25F3N2O3. The molecule has 2 aliphatic rings. The van der Waals surface area contributed by atoms with E-state index < -0.39 is 17.7 Å². The summed E-state index contributed by atoms with van der Waals surface area (Å²) in [7, 11) is 0. The van der Waals surface area contributed by atoms with Gasteiger partial charge in [-0.25, -0.2) is 0 Å². The zero-order valence-corrected chi connectivity index (χ0v) is 18.6. The molecule has 2 N–H and O–H groups in total. The number of benzene rings is 2. The van der Waals surface area contributed by atoms with Gasteiger partial charge in [-0.05, 0) is 60.4 Å². The minimum absolute atomic E-state index is 0.00386. The second kappa shape index (κ2) is 7.89. The van der Waals surface area contributed by atoms with Crippen LogP contribution in [0.2, 0.25) is 0 Å². The molecule has 1 heterocycles. The predicted octanol–water partition coefficient (Wildman–Crippen LogP) is 5.33. The van der Waals surface area contributed by atoms with Crippen LogP contribution in [0.4, 0.5) is 13.2 Å². The molecule has 0 saturated heterocycles. The zero-order valence-electron chi connectivity index (χ0n) is 18.6. The highest BCUT2D eigenvalue weighted by Gasteiger charge is 2.60. The van der Waals surface area contributed by atoms with Crippen LogP contribution in [-0.4, -0.2) is 27.6 Å². The number of rotatable bonds is 5. The molecule has 1 unspecified atom stereocenters. The quantitative estimate of drug-likeness (QED) is 0.530.